The van der Waals surface area contributed by atoms with Crippen LogP contribution in [0.15, 0.2) is 36.4 Å². The van der Waals surface area contributed by atoms with Gasteiger partial charge in [-0.2, -0.15) is 0 Å². The Balaban J connectivity index is 1.89. The molecule has 3 aromatic rings. The van der Waals surface area contributed by atoms with Gasteiger partial charge in [-0.15, -0.1) is 0 Å². The molecular weight excluding hydrogens is 304 g/mol. The molecule has 2 aromatic carbocycles. The lowest BCUT2D eigenvalue weighted by molar-refractivity contribution is 0.172. The summed E-state index contributed by atoms with van der Waals surface area (Å²) in [6.07, 6.45) is 0.679. The summed E-state index contributed by atoms with van der Waals surface area (Å²) in [5.74, 6) is 2.41. The molecule has 5 heteroatoms. The first-order chi connectivity index (χ1) is 11.8. The molecule has 1 N–H and O–H groups in total. The normalized spacial score (nSPS) is 13.4. The fourth-order valence-electron chi connectivity index (χ4n) is 3.04. The number of hydrogen-bond acceptors (Lipinski definition) is 4. The number of nitrogens with zero attached hydrogens (tertiary/aromatic N) is 2. The van der Waals surface area contributed by atoms with Crippen LogP contribution in [0.5, 0.6) is 11.5 Å². The highest BCUT2D eigenvalue weighted by Gasteiger charge is 2.18. The maximum atomic E-state index is 9.25. The zero-order chi connectivity index (χ0) is 16.5. The molecule has 5 nitrogen and oxygen atoms in total. The van der Waals surface area contributed by atoms with Crippen molar-refractivity contribution in [2.75, 3.05) is 19.8 Å². The van der Waals surface area contributed by atoms with Crippen LogP contribution >= 0.6 is 0 Å². The van der Waals surface area contributed by atoms with E-state index in [0.717, 1.165) is 33.9 Å². The molecule has 1 aromatic heterocycles. The van der Waals surface area contributed by atoms with Gasteiger partial charge < -0.3 is 19.1 Å². The van der Waals surface area contributed by atoms with E-state index < -0.39 is 0 Å². The lowest BCUT2D eigenvalue weighted by Gasteiger charge is -2.18. The smallest absolute Gasteiger partial charge is 0.163 e. The van der Waals surface area contributed by atoms with Crippen LogP contribution in [0.25, 0.3) is 22.4 Å². The molecule has 0 amide bonds. The number of imidazole rings is 1. The number of aryl methyl sites for hydroxylation is 2. The molecule has 0 aliphatic carbocycles. The molecule has 1 aliphatic heterocycles. The van der Waals surface area contributed by atoms with Gasteiger partial charge >= 0.3 is 0 Å². The van der Waals surface area contributed by atoms with Crippen LogP contribution in [-0.2, 0) is 6.54 Å². The number of aliphatic hydroxyl groups is 1. The van der Waals surface area contributed by atoms with Crippen LogP contribution in [0.1, 0.15) is 12.0 Å². The average Bonchev–Trinajstić information content (AvgIpc) is 2.96. The van der Waals surface area contributed by atoms with Gasteiger partial charge in [-0.05, 0) is 13.3 Å². The number of ether oxygens (including phenoxy) is 2. The van der Waals surface area contributed by atoms with Crippen molar-refractivity contribution in [1.82, 2.24) is 9.55 Å². The van der Waals surface area contributed by atoms with Gasteiger partial charge in [0.1, 0.15) is 19.0 Å². The largest absolute Gasteiger partial charge is 0.486 e. The van der Waals surface area contributed by atoms with Crippen LogP contribution in [0.4, 0.5) is 0 Å². The van der Waals surface area contributed by atoms with E-state index >= 15 is 0 Å². The van der Waals surface area contributed by atoms with Gasteiger partial charge in [-0.25, -0.2) is 4.98 Å². The molecule has 0 atom stereocenters. The summed E-state index contributed by atoms with van der Waals surface area (Å²) in [6, 6.07) is 12.3. The Bertz CT molecular complexity index is 868. The lowest BCUT2D eigenvalue weighted by Crippen LogP contribution is -2.15. The van der Waals surface area contributed by atoms with E-state index in [2.05, 4.69) is 35.8 Å². The third kappa shape index (κ3) is 2.61. The van der Waals surface area contributed by atoms with Crippen LogP contribution in [0, 0.1) is 6.92 Å². The summed E-state index contributed by atoms with van der Waals surface area (Å²) in [5.41, 5.74) is 4.17. The molecule has 0 spiro atoms. The van der Waals surface area contributed by atoms with E-state index in [1.807, 2.05) is 12.1 Å². The van der Waals surface area contributed by atoms with Crippen LogP contribution < -0.4 is 9.47 Å². The Hall–Kier alpha value is -2.53. The first-order valence-electron chi connectivity index (χ1n) is 8.24. The third-order valence-corrected chi connectivity index (χ3v) is 4.26. The lowest BCUT2D eigenvalue weighted by atomic mass is 10.1. The summed E-state index contributed by atoms with van der Waals surface area (Å²) in [4.78, 5) is 4.82. The van der Waals surface area contributed by atoms with E-state index in [9.17, 15) is 5.11 Å². The molecule has 0 bridgehead atoms. The monoisotopic (exact) mass is 324 g/mol. The van der Waals surface area contributed by atoms with Crippen LogP contribution in [-0.4, -0.2) is 34.5 Å². The maximum absolute atomic E-state index is 9.25. The van der Waals surface area contributed by atoms with E-state index in [1.54, 1.807) is 0 Å². The minimum absolute atomic E-state index is 0.150. The Kier molecular flexibility index (Phi) is 3.86. The zero-order valence-electron chi connectivity index (χ0n) is 13.7. The Labute approximate surface area is 140 Å². The summed E-state index contributed by atoms with van der Waals surface area (Å²) >= 11 is 0. The second-order valence-electron chi connectivity index (χ2n) is 6.01. The molecule has 1 aliphatic rings. The molecule has 0 saturated carbocycles. The third-order valence-electron chi connectivity index (χ3n) is 4.26. The van der Waals surface area contributed by atoms with E-state index in [4.69, 9.17) is 14.5 Å². The maximum Gasteiger partial charge on any atom is 0.163 e. The second-order valence-corrected chi connectivity index (χ2v) is 6.01. The van der Waals surface area contributed by atoms with Crippen molar-refractivity contribution < 1.29 is 14.6 Å². The van der Waals surface area contributed by atoms with Gasteiger partial charge in [0.2, 0.25) is 0 Å². The van der Waals surface area contributed by atoms with Crippen molar-refractivity contribution in [3.8, 4) is 22.9 Å². The second kappa shape index (κ2) is 6.17. The SMILES string of the molecule is Cc1ccc(-c2nc3cc4c(cc3n2CCCO)OCCO4)cc1. The summed E-state index contributed by atoms with van der Waals surface area (Å²) < 4.78 is 13.5. The highest BCUT2D eigenvalue weighted by atomic mass is 16.6. The van der Waals surface area contributed by atoms with E-state index in [0.29, 0.717) is 26.2 Å². The van der Waals surface area contributed by atoms with Crippen molar-refractivity contribution in [2.24, 2.45) is 0 Å². The van der Waals surface area contributed by atoms with Crippen molar-refractivity contribution in [1.29, 1.82) is 0 Å². The van der Waals surface area contributed by atoms with Gasteiger partial charge in [0.05, 0.1) is 11.0 Å². The molecule has 124 valence electrons. The number of aromatic nitrogens is 2. The van der Waals surface area contributed by atoms with Crippen molar-refractivity contribution in [2.45, 2.75) is 19.9 Å². The van der Waals surface area contributed by atoms with Crippen LogP contribution in [0.2, 0.25) is 0 Å². The van der Waals surface area contributed by atoms with Crippen molar-refractivity contribution >= 4 is 11.0 Å². The highest BCUT2D eigenvalue weighted by molar-refractivity contribution is 5.84. The Morgan fingerprint density at radius 1 is 1.08 bits per heavy atom. The number of aliphatic hydroxyl groups excluding tert-OH is 1. The fraction of sp³-hybridized carbons (Fsp3) is 0.316. The number of benzene rings is 2. The number of rotatable bonds is 4. The van der Waals surface area contributed by atoms with Crippen LogP contribution in [0.3, 0.4) is 0 Å². The molecule has 24 heavy (non-hydrogen) atoms. The predicted molar refractivity (Wildman–Crippen MR) is 92.6 cm³/mol. The number of fused-ring (bicyclic) bond motifs is 2. The molecule has 0 fully saturated rings. The molecule has 4 rings (SSSR count). The summed E-state index contributed by atoms with van der Waals surface area (Å²) in [7, 11) is 0. The molecule has 0 saturated heterocycles. The van der Waals surface area contributed by atoms with E-state index in [1.165, 1.54) is 5.56 Å². The molecular formula is C19H20N2O3. The van der Waals surface area contributed by atoms with Crippen molar-refractivity contribution in [3.63, 3.8) is 0 Å². The standard InChI is InChI=1S/C19H20N2O3/c1-13-3-5-14(6-4-13)19-20-15-11-17-18(24-10-9-23-17)12-16(15)21(19)7-2-8-22/h3-6,11-12,22H,2,7-10H2,1H3. The minimum atomic E-state index is 0.150. The summed E-state index contributed by atoms with van der Waals surface area (Å²) in [5, 5.41) is 9.25. The van der Waals surface area contributed by atoms with Gasteiger partial charge in [0.25, 0.3) is 0 Å². The van der Waals surface area contributed by atoms with Gasteiger partial charge in [0, 0.05) is 30.8 Å². The molecule has 0 unspecified atom stereocenters. The Morgan fingerprint density at radius 3 is 2.50 bits per heavy atom. The highest BCUT2D eigenvalue weighted by Crippen LogP contribution is 2.36. The fourth-order valence-corrected chi connectivity index (χ4v) is 3.04. The zero-order valence-corrected chi connectivity index (χ0v) is 13.7. The molecule has 0 radical (unpaired) electrons. The van der Waals surface area contributed by atoms with E-state index in [-0.39, 0.29) is 6.61 Å². The molecule has 2 heterocycles. The van der Waals surface area contributed by atoms with Gasteiger partial charge in [-0.1, -0.05) is 29.8 Å². The average molecular weight is 324 g/mol. The van der Waals surface area contributed by atoms with Crippen molar-refractivity contribution in [3.05, 3.63) is 42.0 Å². The predicted octanol–water partition coefficient (Wildman–Crippen LogP) is 3.17. The first-order valence-corrected chi connectivity index (χ1v) is 8.24. The van der Waals surface area contributed by atoms with Gasteiger partial charge in [-0.3, -0.25) is 0 Å². The Morgan fingerprint density at radius 2 is 1.79 bits per heavy atom. The number of hydrogen-bond donors (Lipinski definition) is 1. The van der Waals surface area contributed by atoms with Gasteiger partial charge in [0.15, 0.2) is 11.5 Å². The first kappa shape index (κ1) is 15.0. The topological polar surface area (TPSA) is 56.5 Å². The minimum Gasteiger partial charge on any atom is -0.486 e. The summed E-state index contributed by atoms with van der Waals surface area (Å²) in [6.45, 7) is 4.05. The quantitative estimate of drug-likeness (QED) is 0.801.